The average molecular weight is 228 g/mol. The summed E-state index contributed by atoms with van der Waals surface area (Å²) in [5.74, 6) is 1.16. The Bertz CT molecular complexity index is 309. The van der Waals surface area contributed by atoms with Crippen molar-refractivity contribution in [1.29, 1.82) is 0 Å². The summed E-state index contributed by atoms with van der Waals surface area (Å²) >= 11 is 3.15. The van der Waals surface area contributed by atoms with Crippen molar-refractivity contribution in [3.63, 3.8) is 0 Å². The molecule has 1 aliphatic rings. The van der Waals surface area contributed by atoms with E-state index in [2.05, 4.69) is 26.8 Å². The Morgan fingerprint density at radius 3 is 3.36 bits per heavy atom. The number of aromatic nitrogens is 2. The predicted molar refractivity (Wildman–Crippen MR) is 60.7 cm³/mol. The van der Waals surface area contributed by atoms with Gasteiger partial charge in [0.05, 0.1) is 12.2 Å². The summed E-state index contributed by atoms with van der Waals surface area (Å²) in [6.45, 7) is 2.82. The van der Waals surface area contributed by atoms with Gasteiger partial charge >= 0.3 is 0 Å². The van der Waals surface area contributed by atoms with Gasteiger partial charge in [-0.2, -0.15) is 0 Å². The van der Waals surface area contributed by atoms with E-state index in [0.717, 1.165) is 16.6 Å². The first-order valence-electron chi connectivity index (χ1n) is 4.54. The van der Waals surface area contributed by atoms with Gasteiger partial charge in [0, 0.05) is 17.2 Å². The highest BCUT2D eigenvalue weighted by Crippen LogP contribution is 2.14. The van der Waals surface area contributed by atoms with Crippen LogP contribution in [0.1, 0.15) is 19.0 Å². The lowest BCUT2D eigenvalue weighted by Gasteiger charge is -2.21. The van der Waals surface area contributed by atoms with Crippen molar-refractivity contribution < 1.29 is 0 Å². The number of rotatable bonds is 2. The molecule has 0 aromatic carbocycles. The zero-order chi connectivity index (χ0) is 9.80. The molecule has 2 heterocycles. The maximum Gasteiger partial charge on any atom is 0.157 e. The number of thioether (sulfide) groups is 1. The summed E-state index contributed by atoms with van der Waals surface area (Å²) in [7, 11) is 0. The van der Waals surface area contributed by atoms with E-state index in [-0.39, 0.29) is 0 Å². The zero-order valence-corrected chi connectivity index (χ0v) is 9.57. The number of aliphatic imine (C=N–C) groups is 1. The quantitative estimate of drug-likeness (QED) is 0.833. The van der Waals surface area contributed by atoms with Crippen molar-refractivity contribution >= 4 is 28.5 Å². The minimum Gasteiger partial charge on any atom is -0.362 e. The van der Waals surface area contributed by atoms with Crippen LogP contribution in [0.5, 0.6) is 0 Å². The minimum absolute atomic E-state index is 0.545. The number of nitrogens with one attached hydrogen (secondary N) is 1. The molecule has 1 atom stereocenters. The number of hydrogen-bond acceptors (Lipinski definition) is 5. The first-order chi connectivity index (χ1) is 6.84. The molecule has 1 N–H and O–H groups in total. The van der Waals surface area contributed by atoms with Crippen LogP contribution in [0.25, 0.3) is 0 Å². The van der Waals surface area contributed by atoms with Crippen LogP contribution in [-0.4, -0.2) is 26.5 Å². The van der Waals surface area contributed by atoms with Crippen LogP contribution in [0.4, 0.5) is 0 Å². The highest BCUT2D eigenvalue weighted by atomic mass is 32.2. The maximum absolute atomic E-state index is 4.45. The van der Waals surface area contributed by atoms with E-state index in [1.165, 1.54) is 18.0 Å². The molecule has 1 fully saturated rings. The third kappa shape index (κ3) is 2.68. The van der Waals surface area contributed by atoms with Crippen molar-refractivity contribution in [1.82, 2.24) is 14.9 Å². The molecule has 0 aliphatic carbocycles. The standard InChI is InChI=1S/C8H12N4S2/c1-6-2-3-13-8(10-6)9-4-7-5-14-12-11-7/h5-6H,2-4H2,1H3,(H,9,10). The van der Waals surface area contributed by atoms with E-state index in [4.69, 9.17) is 0 Å². The van der Waals surface area contributed by atoms with Crippen LogP contribution in [0, 0.1) is 0 Å². The van der Waals surface area contributed by atoms with E-state index in [1.807, 2.05) is 5.38 Å². The van der Waals surface area contributed by atoms with Gasteiger partial charge in [0.1, 0.15) is 0 Å². The van der Waals surface area contributed by atoms with Crippen molar-refractivity contribution in [3.05, 3.63) is 11.1 Å². The Morgan fingerprint density at radius 2 is 2.64 bits per heavy atom. The Morgan fingerprint density at radius 1 is 1.71 bits per heavy atom. The van der Waals surface area contributed by atoms with Crippen molar-refractivity contribution in [3.8, 4) is 0 Å². The summed E-state index contributed by atoms with van der Waals surface area (Å²) in [4.78, 5) is 4.45. The predicted octanol–water partition coefficient (Wildman–Crippen LogP) is 1.51. The van der Waals surface area contributed by atoms with Gasteiger partial charge in [-0.3, -0.25) is 4.99 Å². The molecule has 0 spiro atoms. The summed E-state index contributed by atoms with van der Waals surface area (Å²) in [5, 5.41) is 10.3. The molecule has 1 unspecified atom stereocenters. The van der Waals surface area contributed by atoms with Crippen LogP contribution in [0.2, 0.25) is 0 Å². The molecule has 1 aromatic heterocycles. The second kappa shape index (κ2) is 4.75. The Hall–Kier alpha value is -0.620. The first kappa shape index (κ1) is 9.92. The van der Waals surface area contributed by atoms with Gasteiger partial charge in [-0.05, 0) is 24.9 Å². The first-order valence-corrected chi connectivity index (χ1v) is 6.36. The molecule has 2 rings (SSSR count). The highest BCUT2D eigenvalue weighted by molar-refractivity contribution is 8.13. The SMILES string of the molecule is CC1CCSC(=NCc2csnn2)N1. The number of hydrogen-bond donors (Lipinski definition) is 1. The van der Waals surface area contributed by atoms with Crippen molar-refractivity contribution in [2.24, 2.45) is 4.99 Å². The summed E-state index contributed by atoms with van der Waals surface area (Å²) < 4.78 is 3.80. The summed E-state index contributed by atoms with van der Waals surface area (Å²) in [6, 6.07) is 0.545. The van der Waals surface area contributed by atoms with Crippen molar-refractivity contribution in [2.75, 3.05) is 5.75 Å². The van der Waals surface area contributed by atoms with Crippen LogP contribution in [0.15, 0.2) is 10.4 Å². The molecule has 6 heteroatoms. The summed E-state index contributed by atoms with van der Waals surface area (Å²) in [6.07, 6.45) is 1.21. The third-order valence-corrected chi connectivity index (χ3v) is 3.46. The topological polar surface area (TPSA) is 50.2 Å². The van der Waals surface area contributed by atoms with Gasteiger partial charge in [-0.25, -0.2) is 0 Å². The van der Waals surface area contributed by atoms with Gasteiger partial charge in [-0.15, -0.1) is 5.10 Å². The van der Waals surface area contributed by atoms with Crippen LogP contribution in [0.3, 0.4) is 0 Å². The normalized spacial score (nSPS) is 24.9. The molecule has 1 aliphatic heterocycles. The molecule has 1 aromatic rings. The van der Waals surface area contributed by atoms with Gasteiger partial charge in [0.15, 0.2) is 5.17 Å². The van der Waals surface area contributed by atoms with Gasteiger partial charge in [0.25, 0.3) is 0 Å². The van der Waals surface area contributed by atoms with Gasteiger partial charge < -0.3 is 5.32 Å². The maximum atomic E-state index is 4.45. The molecule has 0 radical (unpaired) electrons. The third-order valence-electron chi connectivity index (χ3n) is 1.95. The lowest BCUT2D eigenvalue weighted by atomic mass is 10.3. The second-order valence-electron chi connectivity index (χ2n) is 3.20. The fourth-order valence-electron chi connectivity index (χ4n) is 1.15. The molecule has 1 saturated heterocycles. The van der Waals surface area contributed by atoms with E-state index in [0.29, 0.717) is 12.6 Å². The molecular formula is C8H12N4S2. The van der Waals surface area contributed by atoms with Crippen LogP contribution >= 0.6 is 23.3 Å². The van der Waals surface area contributed by atoms with E-state index < -0.39 is 0 Å². The minimum atomic E-state index is 0.545. The van der Waals surface area contributed by atoms with Crippen molar-refractivity contribution in [2.45, 2.75) is 25.9 Å². The molecule has 14 heavy (non-hydrogen) atoms. The monoisotopic (exact) mass is 228 g/mol. The molecule has 0 amide bonds. The van der Waals surface area contributed by atoms with E-state index >= 15 is 0 Å². The molecule has 4 nitrogen and oxygen atoms in total. The second-order valence-corrected chi connectivity index (χ2v) is 4.89. The zero-order valence-electron chi connectivity index (χ0n) is 7.93. The average Bonchev–Trinajstić information content (AvgIpc) is 2.67. The lowest BCUT2D eigenvalue weighted by Crippen LogP contribution is -2.35. The highest BCUT2D eigenvalue weighted by Gasteiger charge is 2.12. The van der Waals surface area contributed by atoms with E-state index in [9.17, 15) is 0 Å². The molecule has 0 saturated carbocycles. The van der Waals surface area contributed by atoms with Crippen LogP contribution in [-0.2, 0) is 6.54 Å². The molecule has 0 bridgehead atoms. The largest absolute Gasteiger partial charge is 0.362 e. The molecule has 76 valence electrons. The number of amidine groups is 1. The Kier molecular flexibility index (Phi) is 3.36. The smallest absolute Gasteiger partial charge is 0.157 e. The lowest BCUT2D eigenvalue weighted by molar-refractivity contribution is 0.642. The van der Waals surface area contributed by atoms with Gasteiger partial charge in [-0.1, -0.05) is 16.3 Å². The van der Waals surface area contributed by atoms with Crippen LogP contribution < -0.4 is 5.32 Å². The Balaban J connectivity index is 1.91. The fourth-order valence-corrected chi connectivity index (χ4v) is 2.70. The molecular weight excluding hydrogens is 216 g/mol. The van der Waals surface area contributed by atoms with Gasteiger partial charge in [0.2, 0.25) is 0 Å². The summed E-state index contributed by atoms with van der Waals surface area (Å²) in [5.41, 5.74) is 0.947. The number of nitrogens with zero attached hydrogens (tertiary/aromatic N) is 3. The fraction of sp³-hybridized carbons (Fsp3) is 0.625. The van der Waals surface area contributed by atoms with E-state index in [1.54, 1.807) is 11.8 Å². The Labute approximate surface area is 91.4 Å².